The molecular weight excluding hydrogens is 301 g/mol. The SMILES string of the molecule is O=C(O)C[C@@H]1C(=O)NCCN1Cc1ccccc1C(F)(F)F. The van der Waals surface area contributed by atoms with Crippen LogP contribution in [0.5, 0.6) is 0 Å². The Balaban J connectivity index is 2.24. The molecule has 0 spiro atoms. The number of aliphatic carboxylic acids is 1. The zero-order chi connectivity index (χ0) is 16.3. The molecule has 8 heteroatoms. The highest BCUT2D eigenvalue weighted by atomic mass is 19.4. The molecule has 1 heterocycles. The van der Waals surface area contributed by atoms with Crippen LogP contribution in [0.3, 0.4) is 0 Å². The zero-order valence-electron chi connectivity index (χ0n) is 11.6. The van der Waals surface area contributed by atoms with Crippen molar-refractivity contribution in [2.75, 3.05) is 13.1 Å². The molecule has 0 saturated carbocycles. The third kappa shape index (κ3) is 3.76. The Kier molecular flexibility index (Phi) is 4.70. The number of carboxylic acids is 1. The maximum absolute atomic E-state index is 13.0. The van der Waals surface area contributed by atoms with Gasteiger partial charge in [-0.3, -0.25) is 14.5 Å². The van der Waals surface area contributed by atoms with E-state index in [1.54, 1.807) is 0 Å². The lowest BCUT2D eigenvalue weighted by atomic mass is 10.0. The van der Waals surface area contributed by atoms with E-state index in [1.165, 1.54) is 23.1 Å². The number of alkyl halides is 3. The number of hydrogen-bond donors (Lipinski definition) is 2. The van der Waals surface area contributed by atoms with Gasteiger partial charge in [0.2, 0.25) is 5.91 Å². The van der Waals surface area contributed by atoms with E-state index >= 15 is 0 Å². The minimum absolute atomic E-state index is 0.0279. The largest absolute Gasteiger partial charge is 0.481 e. The van der Waals surface area contributed by atoms with Crippen molar-refractivity contribution in [2.45, 2.75) is 25.2 Å². The number of halogens is 3. The highest BCUT2D eigenvalue weighted by molar-refractivity contribution is 5.86. The van der Waals surface area contributed by atoms with Crippen LogP contribution in [-0.2, 0) is 22.3 Å². The van der Waals surface area contributed by atoms with E-state index in [0.29, 0.717) is 6.54 Å². The van der Waals surface area contributed by atoms with Crippen LogP contribution >= 0.6 is 0 Å². The second-order valence-corrected chi connectivity index (χ2v) is 5.03. The topological polar surface area (TPSA) is 69.6 Å². The van der Waals surface area contributed by atoms with E-state index in [-0.39, 0.29) is 18.7 Å². The average Bonchev–Trinajstić information content (AvgIpc) is 2.42. The molecule has 2 N–H and O–H groups in total. The molecule has 22 heavy (non-hydrogen) atoms. The minimum Gasteiger partial charge on any atom is -0.481 e. The van der Waals surface area contributed by atoms with Crippen LogP contribution in [0, 0.1) is 0 Å². The first-order valence-corrected chi connectivity index (χ1v) is 6.67. The van der Waals surface area contributed by atoms with Crippen LogP contribution < -0.4 is 5.32 Å². The summed E-state index contributed by atoms with van der Waals surface area (Å²) >= 11 is 0. The van der Waals surface area contributed by atoms with Crippen molar-refractivity contribution in [2.24, 2.45) is 0 Å². The fraction of sp³-hybridized carbons (Fsp3) is 0.429. The highest BCUT2D eigenvalue weighted by Crippen LogP contribution is 2.32. The molecule has 0 aromatic heterocycles. The van der Waals surface area contributed by atoms with Crippen molar-refractivity contribution < 1.29 is 27.9 Å². The molecule has 5 nitrogen and oxygen atoms in total. The third-order valence-electron chi connectivity index (χ3n) is 3.51. The molecule has 1 amide bonds. The summed E-state index contributed by atoms with van der Waals surface area (Å²) in [7, 11) is 0. The van der Waals surface area contributed by atoms with Crippen LogP contribution in [0.2, 0.25) is 0 Å². The first kappa shape index (κ1) is 16.3. The minimum atomic E-state index is -4.49. The Labute approximate surface area is 124 Å². The molecule has 1 aromatic carbocycles. The molecule has 0 unspecified atom stereocenters. The average molecular weight is 316 g/mol. The van der Waals surface area contributed by atoms with E-state index in [9.17, 15) is 22.8 Å². The Bertz CT molecular complexity index is 575. The first-order chi connectivity index (χ1) is 10.3. The Hall–Kier alpha value is -2.09. The lowest BCUT2D eigenvalue weighted by Crippen LogP contribution is -2.55. The van der Waals surface area contributed by atoms with Gasteiger partial charge in [-0.15, -0.1) is 0 Å². The Morgan fingerprint density at radius 1 is 1.36 bits per heavy atom. The molecule has 0 aliphatic carbocycles. The number of carbonyl (C=O) groups excluding carboxylic acids is 1. The number of carboxylic acid groups (broad SMARTS) is 1. The number of hydrogen-bond acceptors (Lipinski definition) is 3. The summed E-state index contributed by atoms with van der Waals surface area (Å²) in [4.78, 5) is 24.1. The number of nitrogens with one attached hydrogen (secondary N) is 1. The van der Waals surface area contributed by atoms with Crippen LogP contribution in [0.25, 0.3) is 0 Å². The number of carbonyl (C=O) groups is 2. The molecule has 1 aliphatic rings. The lowest BCUT2D eigenvalue weighted by Gasteiger charge is -2.34. The van der Waals surface area contributed by atoms with Gasteiger partial charge < -0.3 is 10.4 Å². The number of piperazine rings is 1. The predicted octanol–water partition coefficient (Wildman–Crippen LogP) is 1.48. The van der Waals surface area contributed by atoms with Gasteiger partial charge in [0, 0.05) is 19.6 Å². The van der Waals surface area contributed by atoms with Crippen molar-refractivity contribution in [3.63, 3.8) is 0 Å². The van der Waals surface area contributed by atoms with Crippen LogP contribution in [0.15, 0.2) is 24.3 Å². The summed E-state index contributed by atoms with van der Waals surface area (Å²) < 4.78 is 39.0. The zero-order valence-corrected chi connectivity index (χ0v) is 11.6. The van der Waals surface area contributed by atoms with Crippen LogP contribution in [0.1, 0.15) is 17.5 Å². The van der Waals surface area contributed by atoms with Crippen molar-refractivity contribution in [3.05, 3.63) is 35.4 Å². The first-order valence-electron chi connectivity index (χ1n) is 6.67. The standard InChI is InChI=1S/C14H15F3N2O3/c15-14(16,17)10-4-2-1-3-9(10)8-19-6-5-18-13(22)11(19)7-12(20)21/h1-4,11H,5-8H2,(H,18,22)(H,20,21)/t11-/m1/s1. The molecule has 1 aromatic rings. The lowest BCUT2D eigenvalue weighted by molar-refractivity contribution is -0.144. The van der Waals surface area contributed by atoms with Crippen molar-refractivity contribution >= 4 is 11.9 Å². The predicted molar refractivity (Wildman–Crippen MR) is 70.9 cm³/mol. The van der Waals surface area contributed by atoms with Gasteiger partial charge in [-0.05, 0) is 11.6 Å². The number of nitrogens with zero attached hydrogens (tertiary/aromatic N) is 1. The molecule has 0 radical (unpaired) electrons. The van der Waals surface area contributed by atoms with Gasteiger partial charge in [-0.1, -0.05) is 18.2 Å². The second-order valence-electron chi connectivity index (χ2n) is 5.03. The normalized spacial score (nSPS) is 19.8. The molecule has 1 saturated heterocycles. The fourth-order valence-corrected chi connectivity index (χ4v) is 2.49. The quantitative estimate of drug-likeness (QED) is 0.883. The van der Waals surface area contributed by atoms with Crippen LogP contribution in [-0.4, -0.2) is 41.0 Å². The number of benzene rings is 1. The number of amides is 1. The summed E-state index contributed by atoms with van der Waals surface area (Å²) in [5.41, 5.74) is -0.741. The van der Waals surface area contributed by atoms with Crippen molar-refractivity contribution in [1.29, 1.82) is 0 Å². The Morgan fingerprint density at radius 2 is 2.05 bits per heavy atom. The summed E-state index contributed by atoms with van der Waals surface area (Å²) in [6.07, 6.45) is -4.93. The molecule has 2 rings (SSSR count). The van der Waals surface area contributed by atoms with Gasteiger partial charge in [0.15, 0.2) is 0 Å². The van der Waals surface area contributed by atoms with Gasteiger partial charge in [-0.25, -0.2) is 0 Å². The van der Waals surface area contributed by atoms with E-state index in [2.05, 4.69) is 5.32 Å². The summed E-state index contributed by atoms with van der Waals surface area (Å²) in [6.45, 7) is 0.458. The molecule has 1 atom stereocenters. The van der Waals surface area contributed by atoms with Gasteiger partial charge in [0.25, 0.3) is 0 Å². The third-order valence-corrected chi connectivity index (χ3v) is 3.51. The van der Waals surface area contributed by atoms with Crippen molar-refractivity contribution in [1.82, 2.24) is 10.2 Å². The second kappa shape index (κ2) is 6.35. The van der Waals surface area contributed by atoms with Gasteiger partial charge in [-0.2, -0.15) is 13.2 Å². The maximum atomic E-state index is 13.0. The molecule has 0 bridgehead atoms. The molecule has 120 valence electrons. The van der Waals surface area contributed by atoms with Gasteiger partial charge in [0.05, 0.1) is 12.0 Å². The summed E-state index contributed by atoms with van der Waals surface area (Å²) in [5, 5.41) is 11.4. The smallest absolute Gasteiger partial charge is 0.416 e. The molecule has 1 fully saturated rings. The van der Waals surface area contributed by atoms with Gasteiger partial charge >= 0.3 is 12.1 Å². The fourth-order valence-electron chi connectivity index (χ4n) is 2.49. The van der Waals surface area contributed by atoms with Gasteiger partial charge in [0.1, 0.15) is 6.04 Å². The molecule has 1 aliphatic heterocycles. The highest BCUT2D eigenvalue weighted by Gasteiger charge is 2.36. The summed E-state index contributed by atoms with van der Waals surface area (Å²) in [5.74, 6) is -1.64. The van der Waals surface area contributed by atoms with E-state index < -0.39 is 36.1 Å². The van der Waals surface area contributed by atoms with Crippen LogP contribution in [0.4, 0.5) is 13.2 Å². The summed E-state index contributed by atoms with van der Waals surface area (Å²) in [6, 6.07) is 4.14. The van der Waals surface area contributed by atoms with Crippen molar-refractivity contribution in [3.8, 4) is 0 Å². The van der Waals surface area contributed by atoms with E-state index in [0.717, 1.165) is 6.07 Å². The number of rotatable bonds is 4. The molecular formula is C14H15F3N2O3. The van der Waals surface area contributed by atoms with E-state index in [4.69, 9.17) is 5.11 Å². The maximum Gasteiger partial charge on any atom is 0.416 e. The Morgan fingerprint density at radius 3 is 2.68 bits per heavy atom. The monoisotopic (exact) mass is 316 g/mol. The van der Waals surface area contributed by atoms with E-state index in [1.807, 2.05) is 0 Å².